The number of thiophene rings is 1. The van der Waals surface area contributed by atoms with Gasteiger partial charge in [0, 0.05) is 21.7 Å². The molecule has 0 aliphatic carbocycles. The Morgan fingerprint density at radius 1 is 1.06 bits per heavy atom. The van der Waals surface area contributed by atoms with Crippen LogP contribution in [-0.4, -0.2) is 4.98 Å². The maximum absolute atomic E-state index is 12.6. The molecule has 0 aliphatic heterocycles. The average Bonchev–Trinajstić information content (AvgIpc) is 2.75. The summed E-state index contributed by atoms with van der Waals surface area (Å²) < 4.78 is 38.8. The van der Waals surface area contributed by atoms with E-state index >= 15 is 0 Å². The quantitative estimate of drug-likeness (QED) is 0.576. The number of pyridine rings is 1. The average molecular weight is 253 g/mol. The van der Waals surface area contributed by atoms with Gasteiger partial charge in [-0.3, -0.25) is 4.98 Å². The van der Waals surface area contributed by atoms with Crippen LogP contribution in [-0.2, 0) is 6.18 Å². The summed E-state index contributed by atoms with van der Waals surface area (Å²) in [6.45, 7) is 0. The first-order valence-electron chi connectivity index (χ1n) is 4.89. The third-order valence-corrected chi connectivity index (χ3v) is 3.51. The van der Waals surface area contributed by atoms with Crippen molar-refractivity contribution in [2.45, 2.75) is 6.18 Å². The van der Waals surface area contributed by atoms with E-state index in [1.54, 1.807) is 6.07 Å². The molecule has 0 amide bonds. The van der Waals surface area contributed by atoms with Crippen molar-refractivity contribution < 1.29 is 13.2 Å². The molecule has 1 nitrogen and oxygen atoms in total. The molecule has 3 rings (SSSR count). The molecule has 2 heterocycles. The van der Waals surface area contributed by atoms with Crippen LogP contribution < -0.4 is 0 Å². The predicted octanol–water partition coefficient (Wildman–Crippen LogP) is 4.47. The van der Waals surface area contributed by atoms with Crippen LogP contribution in [0.5, 0.6) is 0 Å². The molecule has 0 aliphatic rings. The van der Waals surface area contributed by atoms with Crippen LogP contribution in [0, 0.1) is 0 Å². The highest BCUT2D eigenvalue weighted by atomic mass is 32.1. The Hall–Kier alpha value is -1.62. The van der Waals surface area contributed by atoms with Gasteiger partial charge in [0.25, 0.3) is 0 Å². The molecule has 0 N–H and O–H groups in total. The van der Waals surface area contributed by atoms with Gasteiger partial charge in [-0.15, -0.1) is 11.3 Å². The lowest BCUT2D eigenvalue weighted by Gasteiger charge is -2.07. The summed E-state index contributed by atoms with van der Waals surface area (Å²) >= 11 is 1.51. The topological polar surface area (TPSA) is 12.9 Å². The second kappa shape index (κ2) is 3.43. The highest BCUT2D eigenvalue weighted by Gasteiger charge is 2.31. The molecule has 17 heavy (non-hydrogen) atoms. The molecule has 2 aromatic heterocycles. The fourth-order valence-corrected chi connectivity index (χ4v) is 2.61. The number of aromatic nitrogens is 1. The van der Waals surface area contributed by atoms with Crippen LogP contribution in [0.1, 0.15) is 5.56 Å². The number of hydrogen-bond acceptors (Lipinski definition) is 2. The third-order valence-electron chi connectivity index (χ3n) is 2.62. The highest BCUT2D eigenvalue weighted by Crippen LogP contribution is 2.34. The number of nitrogens with zero attached hydrogens (tertiary/aromatic N) is 1. The summed E-state index contributed by atoms with van der Waals surface area (Å²) in [5.41, 5.74) is -0.118. The van der Waals surface area contributed by atoms with Crippen molar-refractivity contribution in [2.75, 3.05) is 0 Å². The minimum atomic E-state index is -4.35. The SMILES string of the molecule is FC(F)(F)c1cnc2ccc3sccc3c2c1. The number of alkyl halides is 3. The van der Waals surface area contributed by atoms with Crippen LogP contribution in [0.4, 0.5) is 13.2 Å². The second-order valence-electron chi connectivity index (χ2n) is 3.69. The molecule has 1 aromatic carbocycles. The number of halogens is 3. The van der Waals surface area contributed by atoms with Crippen molar-refractivity contribution in [2.24, 2.45) is 0 Å². The number of hydrogen-bond donors (Lipinski definition) is 0. The first-order chi connectivity index (χ1) is 8.05. The van der Waals surface area contributed by atoms with Gasteiger partial charge in [-0.1, -0.05) is 0 Å². The lowest BCUT2D eigenvalue weighted by molar-refractivity contribution is -0.137. The molecular formula is C12H6F3NS. The van der Waals surface area contributed by atoms with Gasteiger partial charge in [0.2, 0.25) is 0 Å². The fourth-order valence-electron chi connectivity index (χ4n) is 1.81. The van der Waals surface area contributed by atoms with Gasteiger partial charge in [0.1, 0.15) is 0 Å². The molecule has 0 radical (unpaired) electrons. The van der Waals surface area contributed by atoms with E-state index in [4.69, 9.17) is 0 Å². The van der Waals surface area contributed by atoms with E-state index in [2.05, 4.69) is 4.98 Å². The summed E-state index contributed by atoms with van der Waals surface area (Å²) in [4.78, 5) is 3.86. The minimum Gasteiger partial charge on any atom is -0.256 e. The largest absolute Gasteiger partial charge is 0.417 e. The van der Waals surface area contributed by atoms with E-state index in [0.29, 0.717) is 10.9 Å². The predicted molar refractivity (Wildman–Crippen MR) is 62.1 cm³/mol. The molecule has 0 saturated heterocycles. The van der Waals surface area contributed by atoms with Crippen LogP contribution in [0.3, 0.4) is 0 Å². The van der Waals surface area contributed by atoms with Crippen LogP contribution >= 0.6 is 11.3 Å². The maximum atomic E-state index is 12.6. The van der Waals surface area contributed by atoms with Crippen LogP contribution in [0.25, 0.3) is 21.0 Å². The zero-order valence-corrected chi connectivity index (χ0v) is 9.27. The molecular weight excluding hydrogens is 247 g/mol. The van der Waals surface area contributed by atoms with Gasteiger partial charge in [0.15, 0.2) is 0 Å². The fraction of sp³-hybridized carbons (Fsp3) is 0.0833. The highest BCUT2D eigenvalue weighted by molar-refractivity contribution is 7.17. The van der Waals surface area contributed by atoms with E-state index < -0.39 is 11.7 Å². The monoisotopic (exact) mass is 253 g/mol. The Morgan fingerprint density at radius 3 is 2.65 bits per heavy atom. The van der Waals surface area contributed by atoms with Gasteiger partial charge < -0.3 is 0 Å². The van der Waals surface area contributed by atoms with Crippen molar-refractivity contribution in [3.8, 4) is 0 Å². The Kier molecular flexibility index (Phi) is 2.13. The number of benzene rings is 1. The summed E-state index contributed by atoms with van der Waals surface area (Å²) in [5.74, 6) is 0. The zero-order valence-electron chi connectivity index (χ0n) is 8.45. The van der Waals surface area contributed by atoms with Gasteiger partial charge in [-0.25, -0.2) is 0 Å². The summed E-state index contributed by atoms with van der Waals surface area (Å²) in [6, 6.07) is 6.61. The van der Waals surface area contributed by atoms with Gasteiger partial charge in [-0.2, -0.15) is 13.2 Å². The first kappa shape index (κ1) is 10.5. The van der Waals surface area contributed by atoms with E-state index in [0.717, 1.165) is 22.3 Å². The third kappa shape index (κ3) is 1.67. The molecule has 0 saturated carbocycles. The van der Waals surface area contributed by atoms with Crippen molar-refractivity contribution in [3.63, 3.8) is 0 Å². The van der Waals surface area contributed by atoms with Crippen LogP contribution in [0.2, 0.25) is 0 Å². The van der Waals surface area contributed by atoms with Crippen molar-refractivity contribution in [1.29, 1.82) is 0 Å². The summed E-state index contributed by atoms with van der Waals surface area (Å²) in [5, 5.41) is 3.24. The lowest BCUT2D eigenvalue weighted by Crippen LogP contribution is -2.05. The normalized spacial score (nSPS) is 12.4. The van der Waals surface area contributed by atoms with E-state index in [1.165, 1.54) is 11.3 Å². The van der Waals surface area contributed by atoms with Gasteiger partial charge in [0.05, 0.1) is 11.1 Å². The molecule has 0 bridgehead atoms. The Balaban J connectivity index is 2.40. The Morgan fingerprint density at radius 2 is 1.88 bits per heavy atom. The summed E-state index contributed by atoms with van der Waals surface area (Å²) in [7, 11) is 0. The van der Waals surface area contributed by atoms with Gasteiger partial charge in [-0.05, 0) is 29.6 Å². The van der Waals surface area contributed by atoms with Gasteiger partial charge >= 0.3 is 6.18 Å². The molecule has 0 atom stereocenters. The summed E-state index contributed by atoms with van der Waals surface area (Å²) in [6.07, 6.45) is -3.47. The lowest BCUT2D eigenvalue weighted by atomic mass is 10.1. The molecule has 5 heteroatoms. The molecule has 86 valence electrons. The van der Waals surface area contributed by atoms with Crippen LogP contribution in [0.15, 0.2) is 35.8 Å². The minimum absolute atomic E-state index is 0.554. The number of rotatable bonds is 0. The molecule has 0 unspecified atom stereocenters. The molecule has 0 fully saturated rings. The maximum Gasteiger partial charge on any atom is 0.417 e. The van der Waals surface area contributed by atoms with Crippen molar-refractivity contribution >= 4 is 32.3 Å². The molecule has 0 spiro atoms. The second-order valence-corrected chi connectivity index (χ2v) is 4.63. The standard InChI is InChI=1S/C12H6F3NS/c13-12(14,15)7-5-9-8-3-4-17-11(8)2-1-10(9)16-6-7/h1-6H. The van der Waals surface area contributed by atoms with E-state index in [-0.39, 0.29) is 0 Å². The van der Waals surface area contributed by atoms with E-state index in [1.807, 2.05) is 17.5 Å². The Bertz CT molecular complexity index is 700. The van der Waals surface area contributed by atoms with Crippen molar-refractivity contribution in [3.05, 3.63) is 41.4 Å². The first-order valence-corrected chi connectivity index (χ1v) is 5.77. The molecule has 3 aromatic rings. The zero-order chi connectivity index (χ0) is 12.0. The van der Waals surface area contributed by atoms with Crippen molar-refractivity contribution in [1.82, 2.24) is 4.98 Å². The van der Waals surface area contributed by atoms with E-state index in [9.17, 15) is 13.2 Å². The smallest absolute Gasteiger partial charge is 0.256 e. The number of fused-ring (bicyclic) bond motifs is 3. The Labute approximate surface area is 98.5 Å².